The van der Waals surface area contributed by atoms with Gasteiger partial charge in [0.2, 0.25) is 0 Å². The number of hydrogen-bond acceptors (Lipinski definition) is 8. The number of nitrogens with two attached hydrogens (primary N) is 1. The minimum absolute atomic E-state index is 0.0414. The summed E-state index contributed by atoms with van der Waals surface area (Å²) in [6.07, 6.45) is 7.73. The molecule has 0 saturated carbocycles. The quantitative estimate of drug-likeness (QED) is 0.313. The Morgan fingerprint density at radius 2 is 2.15 bits per heavy atom. The second-order valence-electron chi connectivity index (χ2n) is 7.49. The van der Waals surface area contributed by atoms with E-state index in [4.69, 9.17) is 15.2 Å². The number of aliphatic imine (C=N–C) groups is 1. The van der Waals surface area contributed by atoms with Crippen LogP contribution in [0, 0.1) is 5.82 Å². The molecule has 34 heavy (non-hydrogen) atoms. The number of nitrogens with zero attached hydrogens (tertiary/aromatic N) is 6. The van der Waals surface area contributed by atoms with Crippen LogP contribution in [0.2, 0.25) is 0 Å². The van der Waals surface area contributed by atoms with Gasteiger partial charge in [0.25, 0.3) is 5.56 Å². The first-order valence-corrected chi connectivity index (χ1v) is 10.5. The van der Waals surface area contributed by atoms with Crippen LogP contribution < -0.4 is 16.0 Å². The zero-order chi connectivity index (χ0) is 24.2. The molecule has 0 aliphatic rings. The van der Waals surface area contributed by atoms with Crippen LogP contribution in [0.25, 0.3) is 22.1 Å². The fourth-order valence-corrected chi connectivity index (χ4v) is 3.64. The van der Waals surface area contributed by atoms with Crippen LogP contribution in [-0.2, 0) is 4.74 Å². The van der Waals surface area contributed by atoms with Gasteiger partial charge in [-0.2, -0.15) is 0 Å². The molecule has 4 heterocycles. The minimum Gasteiger partial charge on any atom is -0.490 e. The average molecular weight is 465 g/mol. The summed E-state index contributed by atoms with van der Waals surface area (Å²) in [6, 6.07) is 4.13. The average Bonchev–Trinajstić information content (AvgIpc) is 3.27. The van der Waals surface area contributed by atoms with Gasteiger partial charge in [0.05, 0.1) is 29.7 Å². The minimum atomic E-state index is -0.569. The van der Waals surface area contributed by atoms with Crippen molar-refractivity contribution in [1.29, 1.82) is 0 Å². The highest BCUT2D eigenvalue weighted by Gasteiger charge is 2.20. The standard InChI is InChI=1S/C23H24FN7O3/c1-14(21-28-29-22-19(24)8-15(13-31(21)22)16(10-25)11-26-2)30-5-4-20-18(23(30)32)9-17(12-27-20)34-7-6-33-3/h4-5,8-14H,6-7,25H2,1-3H3/t14-/m1/s1. The molecule has 4 rings (SSSR count). The number of methoxy groups -OCH3 is 1. The number of halogens is 1. The molecular weight excluding hydrogens is 441 g/mol. The molecular formula is C23H24FN7O3. The summed E-state index contributed by atoms with van der Waals surface area (Å²) in [6.45, 7) is 2.54. The molecule has 0 saturated heterocycles. The number of rotatable bonds is 8. The molecule has 0 aliphatic carbocycles. The number of aromatic nitrogens is 5. The summed E-state index contributed by atoms with van der Waals surface area (Å²) in [5.41, 5.74) is 7.00. The molecule has 0 fully saturated rings. The van der Waals surface area contributed by atoms with Gasteiger partial charge < -0.3 is 19.8 Å². The molecule has 0 bridgehead atoms. The van der Waals surface area contributed by atoms with E-state index in [-0.39, 0.29) is 11.2 Å². The second-order valence-corrected chi connectivity index (χ2v) is 7.49. The van der Waals surface area contributed by atoms with Gasteiger partial charge in [-0.15, -0.1) is 10.2 Å². The lowest BCUT2D eigenvalue weighted by Crippen LogP contribution is -2.25. The highest BCUT2D eigenvalue weighted by molar-refractivity contribution is 6.09. The predicted molar refractivity (Wildman–Crippen MR) is 127 cm³/mol. The third-order valence-electron chi connectivity index (χ3n) is 5.37. The first-order chi connectivity index (χ1) is 16.5. The van der Waals surface area contributed by atoms with E-state index in [0.29, 0.717) is 46.8 Å². The largest absolute Gasteiger partial charge is 0.490 e. The van der Waals surface area contributed by atoms with E-state index in [1.54, 1.807) is 51.8 Å². The smallest absolute Gasteiger partial charge is 0.260 e. The number of hydrogen-bond donors (Lipinski definition) is 1. The third kappa shape index (κ3) is 4.25. The predicted octanol–water partition coefficient (Wildman–Crippen LogP) is 2.21. The van der Waals surface area contributed by atoms with E-state index >= 15 is 0 Å². The Hall–Kier alpha value is -4.12. The molecule has 176 valence electrons. The van der Waals surface area contributed by atoms with Crippen molar-refractivity contribution in [1.82, 2.24) is 24.1 Å². The Morgan fingerprint density at radius 1 is 1.32 bits per heavy atom. The number of allylic oxidation sites excluding steroid dienone is 1. The monoisotopic (exact) mass is 465 g/mol. The van der Waals surface area contributed by atoms with E-state index in [2.05, 4.69) is 20.2 Å². The van der Waals surface area contributed by atoms with Crippen molar-refractivity contribution < 1.29 is 13.9 Å². The lowest BCUT2D eigenvalue weighted by molar-refractivity contribution is 0.146. The molecule has 0 unspecified atom stereocenters. The Labute approximate surface area is 194 Å². The van der Waals surface area contributed by atoms with Crippen molar-refractivity contribution in [2.24, 2.45) is 10.7 Å². The fourth-order valence-electron chi connectivity index (χ4n) is 3.64. The van der Waals surface area contributed by atoms with Gasteiger partial charge in [-0.3, -0.25) is 19.2 Å². The van der Waals surface area contributed by atoms with Crippen LogP contribution in [0.5, 0.6) is 5.75 Å². The molecule has 0 spiro atoms. The van der Waals surface area contributed by atoms with Gasteiger partial charge in [0.15, 0.2) is 17.3 Å². The van der Waals surface area contributed by atoms with Crippen molar-refractivity contribution in [2.45, 2.75) is 13.0 Å². The fraction of sp³-hybridized carbons (Fsp3) is 0.261. The van der Waals surface area contributed by atoms with E-state index in [1.807, 2.05) is 0 Å². The Bertz CT molecular complexity index is 1460. The molecule has 10 nitrogen and oxygen atoms in total. The summed E-state index contributed by atoms with van der Waals surface area (Å²) in [4.78, 5) is 21.6. The summed E-state index contributed by atoms with van der Waals surface area (Å²) in [7, 11) is 3.18. The van der Waals surface area contributed by atoms with Crippen molar-refractivity contribution in [3.05, 3.63) is 70.5 Å². The summed E-state index contributed by atoms with van der Waals surface area (Å²) < 4.78 is 28.4. The Kier molecular flexibility index (Phi) is 6.64. The van der Waals surface area contributed by atoms with Crippen molar-refractivity contribution in [3.8, 4) is 5.75 Å². The normalized spacial score (nSPS) is 13.2. The summed E-state index contributed by atoms with van der Waals surface area (Å²) in [5.74, 6) is 0.271. The van der Waals surface area contributed by atoms with Crippen molar-refractivity contribution in [2.75, 3.05) is 27.4 Å². The summed E-state index contributed by atoms with van der Waals surface area (Å²) >= 11 is 0. The number of fused-ring (bicyclic) bond motifs is 2. The zero-order valence-corrected chi connectivity index (χ0v) is 19.0. The molecule has 0 amide bonds. The van der Waals surface area contributed by atoms with Gasteiger partial charge in [-0.1, -0.05) is 0 Å². The van der Waals surface area contributed by atoms with Crippen LogP contribution >= 0.6 is 0 Å². The highest BCUT2D eigenvalue weighted by atomic mass is 19.1. The van der Waals surface area contributed by atoms with Gasteiger partial charge in [-0.05, 0) is 25.1 Å². The first-order valence-electron chi connectivity index (χ1n) is 10.5. The van der Waals surface area contributed by atoms with E-state index in [0.717, 1.165) is 0 Å². The Morgan fingerprint density at radius 3 is 2.88 bits per heavy atom. The number of ether oxygens (including phenoxy) is 2. The van der Waals surface area contributed by atoms with Crippen LogP contribution in [0.15, 0.2) is 52.8 Å². The lowest BCUT2D eigenvalue weighted by Gasteiger charge is -2.15. The zero-order valence-electron chi connectivity index (χ0n) is 19.0. The lowest BCUT2D eigenvalue weighted by atomic mass is 10.1. The van der Waals surface area contributed by atoms with Crippen molar-refractivity contribution >= 4 is 28.3 Å². The topological polar surface area (TPSA) is 122 Å². The maximum absolute atomic E-state index is 14.8. The molecule has 4 aromatic heterocycles. The van der Waals surface area contributed by atoms with E-state index in [1.165, 1.54) is 27.4 Å². The first kappa shape index (κ1) is 23.1. The third-order valence-corrected chi connectivity index (χ3v) is 5.37. The van der Waals surface area contributed by atoms with Gasteiger partial charge in [0, 0.05) is 50.1 Å². The van der Waals surface area contributed by atoms with Gasteiger partial charge in [0.1, 0.15) is 12.4 Å². The van der Waals surface area contributed by atoms with Gasteiger partial charge >= 0.3 is 0 Å². The Balaban J connectivity index is 1.79. The molecule has 0 aliphatic heterocycles. The van der Waals surface area contributed by atoms with Crippen LogP contribution in [0.3, 0.4) is 0 Å². The molecule has 11 heteroatoms. The number of pyridine rings is 3. The molecule has 1 atom stereocenters. The maximum atomic E-state index is 14.8. The van der Waals surface area contributed by atoms with Crippen LogP contribution in [0.4, 0.5) is 4.39 Å². The van der Waals surface area contributed by atoms with Crippen molar-refractivity contribution in [3.63, 3.8) is 0 Å². The maximum Gasteiger partial charge on any atom is 0.260 e. The molecule has 4 aromatic rings. The highest BCUT2D eigenvalue weighted by Crippen LogP contribution is 2.23. The van der Waals surface area contributed by atoms with Crippen LogP contribution in [-0.4, -0.2) is 57.7 Å². The van der Waals surface area contributed by atoms with Gasteiger partial charge in [-0.25, -0.2) is 4.39 Å². The SMILES string of the molecule is CN=CC(=CN)c1cc(F)c2nnc([C@@H](C)n3ccc4ncc(OCCOC)cc4c3=O)n2c1. The molecule has 2 N–H and O–H groups in total. The van der Waals surface area contributed by atoms with Crippen LogP contribution in [0.1, 0.15) is 24.4 Å². The molecule has 0 aromatic carbocycles. The van der Waals surface area contributed by atoms with E-state index in [9.17, 15) is 9.18 Å². The second kappa shape index (κ2) is 9.79. The van der Waals surface area contributed by atoms with E-state index < -0.39 is 11.9 Å². The summed E-state index contributed by atoms with van der Waals surface area (Å²) in [5, 5.41) is 8.53. The molecule has 0 radical (unpaired) electrons.